The van der Waals surface area contributed by atoms with Crippen molar-refractivity contribution in [1.82, 2.24) is 20.4 Å². The normalized spacial score (nSPS) is 17.9. The smallest absolute Gasteiger partial charge is 0.239 e. The van der Waals surface area contributed by atoms with E-state index in [9.17, 15) is 14.4 Å². The van der Waals surface area contributed by atoms with E-state index < -0.39 is 0 Å². The third-order valence-electron chi connectivity index (χ3n) is 7.07. The Balaban J connectivity index is 1.25. The van der Waals surface area contributed by atoms with Crippen LogP contribution in [0.4, 0.5) is 0 Å². The summed E-state index contributed by atoms with van der Waals surface area (Å²) in [6.45, 7) is 5.30. The third-order valence-corrected chi connectivity index (χ3v) is 7.07. The van der Waals surface area contributed by atoms with Crippen LogP contribution in [0.2, 0.25) is 0 Å². The highest BCUT2D eigenvalue weighted by Crippen LogP contribution is 2.15. The Bertz CT molecular complexity index is 789. The summed E-state index contributed by atoms with van der Waals surface area (Å²) in [5.74, 6) is -0.153. The highest BCUT2D eigenvalue weighted by Gasteiger charge is 2.26. The number of hydrogen-bond donors (Lipinski definition) is 3. The largest absolute Gasteiger partial charge is 0.370 e. The van der Waals surface area contributed by atoms with Gasteiger partial charge in [-0.25, -0.2) is 0 Å². The van der Waals surface area contributed by atoms with Gasteiger partial charge in [-0.05, 0) is 57.1 Å². The van der Waals surface area contributed by atoms with Gasteiger partial charge in [0.1, 0.15) is 0 Å². The Morgan fingerprint density at radius 3 is 2.34 bits per heavy atom. The molecule has 2 aliphatic heterocycles. The van der Waals surface area contributed by atoms with Crippen molar-refractivity contribution in [3.63, 3.8) is 0 Å². The number of unbranched alkanes of at least 4 members (excludes halogenated alkanes) is 2. The van der Waals surface area contributed by atoms with E-state index in [1.54, 1.807) is 0 Å². The summed E-state index contributed by atoms with van der Waals surface area (Å²) in [5.41, 5.74) is 6.63. The van der Waals surface area contributed by atoms with E-state index in [1.807, 2.05) is 11.0 Å². The van der Waals surface area contributed by atoms with Crippen LogP contribution < -0.4 is 16.4 Å². The number of amides is 3. The zero-order valence-electron chi connectivity index (χ0n) is 21.1. The SMILES string of the molecule is NC(=O)CCC(NCCCCCC(=O)NC1CCN(Cc2ccccc2)CC1)C(=O)N1CCCC1. The van der Waals surface area contributed by atoms with Gasteiger partial charge in [-0.15, -0.1) is 0 Å². The van der Waals surface area contributed by atoms with Gasteiger partial charge in [-0.2, -0.15) is 0 Å². The highest BCUT2D eigenvalue weighted by atomic mass is 16.2. The summed E-state index contributed by atoms with van der Waals surface area (Å²) < 4.78 is 0. The molecule has 1 aromatic rings. The Morgan fingerprint density at radius 2 is 1.66 bits per heavy atom. The molecule has 0 aromatic heterocycles. The van der Waals surface area contributed by atoms with Crippen LogP contribution in [-0.4, -0.2) is 72.3 Å². The van der Waals surface area contributed by atoms with E-state index in [0.29, 0.717) is 19.4 Å². The number of likely N-dealkylation sites (tertiary alicyclic amines) is 2. The zero-order valence-corrected chi connectivity index (χ0v) is 21.1. The molecule has 2 fully saturated rings. The quantitative estimate of drug-likeness (QED) is 0.350. The molecule has 35 heavy (non-hydrogen) atoms. The molecule has 8 nitrogen and oxygen atoms in total. The molecular weight excluding hydrogens is 442 g/mol. The summed E-state index contributed by atoms with van der Waals surface area (Å²) in [6, 6.07) is 10.5. The van der Waals surface area contributed by atoms with Crippen molar-refractivity contribution in [3.8, 4) is 0 Å². The van der Waals surface area contributed by atoms with Crippen LogP contribution in [0.15, 0.2) is 30.3 Å². The molecule has 3 amide bonds. The van der Waals surface area contributed by atoms with E-state index in [4.69, 9.17) is 5.73 Å². The van der Waals surface area contributed by atoms with Gasteiger partial charge in [-0.3, -0.25) is 19.3 Å². The van der Waals surface area contributed by atoms with Crippen molar-refractivity contribution in [2.45, 2.75) is 82.8 Å². The number of nitrogens with one attached hydrogen (secondary N) is 2. The predicted octanol–water partition coefficient (Wildman–Crippen LogP) is 2.17. The van der Waals surface area contributed by atoms with Gasteiger partial charge < -0.3 is 21.3 Å². The number of nitrogens with two attached hydrogens (primary N) is 1. The zero-order chi connectivity index (χ0) is 24.9. The van der Waals surface area contributed by atoms with E-state index in [-0.39, 0.29) is 36.2 Å². The van der Waals surface area contributed by atoms with E-state index in [2.05, 4.69) is 39.8 Å². The molecule has 2 aliphatic rings. The number of benzene rings is 1. The van der Waals surface area contributed by atoms with E-state index >= 15 is 0 Å². The van der Waals surface area contributed by atoms with Gasteiger partial charge in [0.25, 0.3) is 0 Å². The first-order valence-electron chi connectivity index (χ1n) is 13.4. The highest BCUT2D eigenvalue weighted by molar-refractivity contribution is 5.83. The molecule has 1 unspecified atom stereocenters. The van der Waals surface area contributed by atoms with Gasteiger partial charge in [0.2, 0.25) is 17.7 Å². The molecule has 1 aromatic carbocycles. The second-order valence-corrected chi connectivity index (χ2v) is 9.96. The monoisotopic (exact) mass is 485 g/mol. The molecule has 3 rings (SSSR count). The minimum Gasteiger partial charge on any atom is -0.370 e. The fourth-order valence-electron chi connectivity index (χ4n) is 5.00. The van der Waals surface area contributed by atoms with Crippen molar-refractivity contribution < 1.29 is 14.4 Å². The molecule has 0 saturated carbocycles. The Labute approximate surface area is 210 Å². The van der Waals surface area contributed by atoms with Gasteiger partial charge in [0.15, 0.2) is 0 Å². The summed E-state index contributed by atoms with van der Waals surface area (Å²) in [5, 5.41) is 6.53. The predicted molar refractivity (Wildman–Crippen MR) is 137 cm³/mol. The average molecular weight is 486 g/mol. The molecular formula is C27H43N5O3. The molecule has 0 bridgehead atoms. The summed E-state index contributed by atoms with van der Waals surface area (Å²) in [6.07, 6.45) is 7.95. The number of nitrogens with zero attached hydrogens (tertiary/aromatic N) is 2. The molecule has 0 aliphatic carbocycles. The van der Waals surface area contributed by atoms with Crippen LogP contribution in [0.5, 0.6) is 0 Å². The van der Waals surface area contributed by atoms with Gasteiger partial charge in [0.05, 0.1) is 6.04 Å². The van der Waals surface area contributed by atoms with Gasteiger partial charge >= 0.3 is 0 Å². The van der Waals surface area contributed by atoms with Crippen molar-refractivity contribution in [1.29, 1.82) is 0 Å². The second-order valence-electron chi connectivity index (χ2n) is 9.96. The lowest BCUT2D eigenvalue weighted by molar-refractivity contribution is -0.132. The second kappa shape index (κ2) is 14.8. The number of carbonyl (C=O) groups excluding carboxylic acids is 3. The Kier molecular flexibility index (Phi) is 11.5. The first-order valence-corrected chi connectivity index (χ1v) is 13.4. The first kappa shape index (κ1) is 27.1. The lowest BCUT2D eigenvalue weighted by Gasteiger charge is -2.32. The Morgan fingerprint density at radius 1 is 0.943 bits per heavy atom. The number of piperidine rings is 1. The molecule has 0 radical (unpaired) electrons. The lowest BCUT2D eigenvalue weighted by Crippen LogP contribution is -2.46. The summed E-state index contributed by atoms with van der Waals surface area (Å²) >= 11 is 0. The summed E-state index contributed by atoms with van der Waals surface area (Å²) in [7, 11) is 0. The van der Waals surface area contributed by atoms with Crippen LogP contribution >= 0.6 is 0 Å². The number of carbonyl (C=O) groups is 3. The number of primary amides is 1. The van der Waals surface area contributed by atoms with Crippen LogP contribution in [0.25, 0.3) is 0 Å². The minimum absolute atomic E-state index is 0.0814. The molecule has 1 atom stereocenters. The number of rotatable bonds is 14. The van der Waals surface area contributed by atoms with Crippen molar-refractivity contribution >= 4 is 17.7 Å². The van der Waals surface area contributed by atoms with E-state index in [0.717, 1.165) is 77.7 Å². The minimum atomic E-state index is -0.376. The molecule has 194 valence electrons. The van der Waals surface area contributed by atoms with Gasteiger partial charge in [0, 0.05) is 51.6 Å². The third kappa shape index (κ3) is 9.98. The standard InChI is InChI=1S/C27H43N5O3/c28-25(33)13-12-24(27(35)32-17-7-8-18-32)29-16-6-2-5-11-26(34)30-23-14-19-31(20-15-23)21-22-9-3-1-4-10-22/h1,3-4,9-10,23-24,29H,2,5-8,11-21H2,(H2,28,33)(H,30,34). The molecule has 2 heterocycles. The lowest BCUT2D eigenvalue weighted by atomic mass is 10.0. The van der Waals surface area contributed by atoms with Crippen LogP contribution in [0.1, 0.15) is 69.8 Å². The fourth-order valence-corrected chi connectivity index (χ4v) is 5.00. The molecule has 2 saturated heterocycles. The maximum absolute atomic E-state index is 12.7. The van der Waals surface area contributed by atoms with E-state index in [1.165, 1.54) is 5.56 Å². The van der Waals surface area contributed by atoms with Crippen molar-refractivity contribution in [3.05, 3.63) is 35.9 Å². The molecule has 0 spiro atoms. The topological polar surface area (TPSA) is 108 Å². The van der Waals surface area contributed by atoms with Crippen molar-refractivity contribution in [2.24, 2.45) is 5.73 Å². The molecule has 8 heteroatoms. The Hall–Kier alpha value is -2.45. The van der Waals surface area contributed by atoms with Crippen LogP contribution in [0, 0.1) is 0 Å². The number of hydrogen-bond acceptors (Lipinski definition) is 5. The maximum atomic E-state index is 12.7. The molecule has 4 N–H and O–H groups in total. The summed E-state index contributed by atoms with van der Waals surface area (Å²) in [4.78, 5) is 40.6. The van der Waals surface area contributed by atoms with Crippen molar-refractivity contribution in [2.75, 3.05) is 32.7 Å². The van der Waals surface area contributed by atoms with Crippen LogP contribution in [0.3, 0.4) is 0 Å². The van der Waals surface area contributed by atoms with Gasteiger partial charge in [-0.1, -0.05) is 36.8 Å². The fraction of sp³-hybridized carbons (Fsp3) is 0.667. The average Bonchev–Trinajstić information content (AvgIpc) is 3.39. The maximum Gasteiger partial charge on any atom is 0.239 e. The van der Waals surface area contributed by atoms with Crippen LogP contribution in [-0.2, 0) is 20.9 Å². The first-order chi connectivity index (χ1) is 17.0.